The molecule has 0 saturated carbocycles. The summed E-state index contributed by atoms with van der Waals surface area (Å²) in [4.78, 5) is 66.0. The molecule has 284 valence electrons. The molecule has 0 aromatic rings. The number of ketones is 3. The number of Topliss-reactive ketones (excluding diaryl/α,β-unsaturated/α-hetero) is 3. The number of hydrogen-bond donors (Lipinski definition) is 0. The Kier molecular flexibility index (Phi) is 36.5. The lowest BCUT2D eigenvalue weighted by Gasteiger charge is -2.25. The Hall–Kier alpha value is -1.92. The quantitative estimate of drug-likeness (QED) is 0.0306. The van der Waals surface area contributed by atoms with Crippen molar-refractivity contribution in [1.29, 1.82) is 0 Å². The Morgan fingerprint density at radius 1 is 0.612 bits per heavy atom. The number of alkyl halides is 3. The van der Waals surface area contributed by atoms with Gasteiger partial charge in [0.25, 0.3) is 0 Å². The summed E-state index contributed by atoms with van der Waals surface area (Å²) in [5.74, 6) is -0.447. The van der Waals surface area contributed by atoms with E-state index in [1.165, 1.54) is 0 Å². The molecule has 0 fully saturated rings. The largest absolute Gasteiger partial charge is 0.462 e. The maximum Gasteiger partial charge on any atom is 0.334 e. The van der Waals surface area contributed by atoms with Crippen LogP contribution in [0.1, 0.15) is 126 Å². The number of halogens is 3. The molecule has 9 nitrogen and oxygen atoms in total. The zero-order valence-corrected chi connectivity index (χ0v) is 34.6. The lowest BCUT2D eigenvalue weighted by molar-refractivity contribution is -0.152. The standard InChI is InChI=1S/C13H21BrO3.C12H19BrO3.C11H17BrO3.CH4/c1-10(9-14)12(16)17-13(3,4)8-6-5-7-11(2)15;1-9(8-13)12(15)16-11(3)7-5-4-6-10(2)14;1-9(8-12)11(14)15-7-5-3-4-6-10(2)13;/h1,5-9H2,2-4H3;11H,1,4-8H2,2-3H3;1,3-8H2,2H3;1H4. The summed E-state index contributed by atoms with van der Waals surface area (Å²) < 4.78 is 15.4. The number of carbonyl (C=O) groups excluding carboxylic acids is 6. The second-order valence-electron chi connectivity index (χ2n) is 12.1. The van der Waals surface area contributed by atoms with Crippen molar-refractivity contribution in [3.8, 4) is 0 Å². The van der Waals surface area contributed by atoms with Gasteiger partial charge in [0.2, 0.25) is 0 Å². The fourth-order valence-corrected chi connectivity index (χ4v) is 4.20. The van der Waals surface area contributed by atoms with Crippen LogP contribution >= 0.6 is 47.8 Å². The van der Waals surface area contributed by atoms with E-state index in [2.05, 4.69) is 67.5 Å². The highest BCUT2D eigenvalue weighted by Crippen LogP contribution is 2.20. The van der Waals surface area contributed by atoms with Crippen LogP contribution in [0.2, 0.25) is 0 Å². The first-order valence-electron chi connectivity index (χ1n) is 16.1. The van der Waals surface area contributed by atoms with Gasteiger partial charge in [0.15, 0.2) is 0 Å². The monoisotopic (exact) mass is 886 g/mol. The molecule has 0 spiro atoms. The van der Waals surface area contributed by atoms with Gasteiger partial charge in [-0.25, -0.2) is 14.4 Å². The molecule has 0 aromatic carbocycles. The summed E-state index contributed by atoms with van der Waals surface area (Å²) >= 11 is 9.44. The maximum atomic E-state index is 11.5. The summed E-state index contributed by atoms with van der Waals surface area (Å²) in [6.45, 7) is 21.5. The molecule has 49 heavy (non-hydrogen) atoms. The molecule has 12 heteroatoms. The van der Waals surface area contributed by atoms with Crippen molar-refractivity contribution >= 4 is 83.0 Å². The molecule has 1 unspecified atom stereocenters. The lowest BCUT2D eigenvalue weighted by Crippen LogP contribution is -2.28. The molecule has 0 aliphatic heterocycles. The van der Waals surface area contributed by atoms with Crippen LogP contribution in [0.25, 0.3) is 0 Å². The van der Waals surface area contributed by atoms with Crippen LogP contribution in [0.4, 0.5) is 0 Å². The van der Waals surface area contributed by atoms with Crippen LogP contribution in [0, 0.1) is 0 Å². The third kappa shape index (κ3) is 37.2. The SMILES string of the molecule is C.C=C(CBr)C(=O)OC(C)(C)CCCCC(C)=O.C=C(CBr)C(=O)OC(C)CCCCC(C)=O.C=C(CBr)C(=O)OCCCCCC(C)=O. The molecular formula is C37H61Br3O9. The predicted molar refractivity (Wildman–Crippen MR) is 210 cm³/mol. The average Bonchev–Trinajstić information content (AvgIpc) is 3.01. The Balaban J connectivity index is -0.000000307. The van der Waals surface area contributed by atoms with Gasteiger partial charge < -0.3 is 28.6 Å². The van der Waals surface area contributed by atoms with E-state index in [9.17, 15) is 28.8 Å². The van der Waals surface area contributed by atoms with Crippen molar-refractivity contribution in [3.05, 3.63) is 36.5 Å². The van der Waals surface area contributed by atoms with Gasteiger partial charge in [-0.3, -0.25) is 0 Å². The van der Waals surface area contributed by atoms with Crippen LogP contribution in [0.5, 0.6) is 0 Å². The summed E-state index contributed by atoms with van der Waals surface area (Å²) in [7, 11) is 0. The molecule has 0 rings (SSSR count). The highest BCUT2D eigenvalue weighted by atomic mass is 79.9. The van der Waals surface area contributed by atoms with Crippen molar-refractivity contribution in [2.75, 3.05) is 22.6 Å². The van der Waals surface area contributed by atoms with E-state index in [0.29, 0.717) is 58.6 Å². The predicted octanol–water partition coefficient (Wildman–Crippen LogP) is 9.69. The molecule has 0 heterocycles. The average molecular weight is 890 g/mol. The minimum absolute atomic E-state index is 0. The number of ether oxygens (including phenoxy) is 3. The second kappa shape index (κ2) is 33.2. The van der Waals surface area contributed by atoms with E-state index >= 15 is 0 Å². The number of carbonyl (C=O) groups is 6. The van der Waals surface area contributed by atoms with Gasteiger partial charge in [-0.1, -0.05) is 75.0 Å². The minimum Gasteiger partial charge on any atom is -0.462 e. The maximum absolute atomic E-state index is 11.5. The molecule has 1 atom stereocenters. The van der Waals surface area contributed by atoms with Crippen LogP contribution in [0.3, 0.4) is 0 Å². The third-order valence-corrected chi connectivity index (χ3v) is 8.41. The summed E-state index contributed by atoms with van der Waals surface area (Å²) in [6, 6.07) is 0. The Morgan fingerprint density at radius 2 is 1.02 bits per heavy atom. The van der Waals surface area contributed by atoms with Gasteiger partial charge >= 0.3 is 17.9 Å². The topological polar surface area (TPSA) is 130 Å². The molecule has 0 aliphatic carbocycles. The van der Waals surface area contributed by atoms with Crippen molar-refractivity contribution < 1.29 is 43.0 Å². The van der Waals surface area contributed by atoms with E-state index < -0.39 is 5.60 Å². The Morgan fingerprint density at radius 3 is 1.47 bits per heavy atom. The van der Waals surface area contributed by atoms with Gasteiger partial charge in [-0.2, -0.15) is 0 Å². The lowest BCUT2D eigenvalue weighted by atomic mass is 9.99. The number of hydrogen-bond acceptors (Lipinski definition) is 9. The Labute approximate surface area is 321 Å². The summed E-state index contributed by atoms with van der Waals surface area (Å²) in [5, 5.41) is 1.30. The zero-order chi connectivity index (χ0) is 37.7. The molecule has 0 radical (unpaired) electrons. The van der Waals surface area contributed by atoms with E-state index in [0.717, 1.165) is 57.8 Å². The van der Waals surface area contributed by atoms with Gasteiger partial charge in [-0.15, -0.1) is 0 Å². The fraction of sp³-hybridized carbons (Fsp3) is 0.676. The van der Waals surface area contributed by atoms with E-state index in [1.54, 1.807) is 20.8 Å². The van der Waals surface area contributed by atoms with Crippen LogP contribution < -0.4 is 0 Å². The Bertz CT molecular complexity index is 1050. The smallest absolute Gasteiger partial charge is 0.334 e. The second-order valence-corrected chi connectivity index (χ2v) is 13.8. The zero-order valence-electron chi connectivity index (χ0n) is 29.8. The van der Waals surface area contributed by atoms with Crippen molar-refractivity contribution in [1.82, 2.24) is 0 Å². The van der Waals surface area contributed by atoms with Gasteiger partial charge in [0.05, 0.1) is 12.7 Å². The van der Waals surface area contributed by atoms with E-state index in [-0.39, 0.29) is 48.8 Å². The van der Waals surface area contributed by atoms with Crippen molar-refractivity contribution in [3.63, 3.8) is 0 Å². The third-order valence-electron chi connectivity index (χ3n) is 6.38. The highest BCUT2D eigenvalue weighted by molar-refractivity contribution is 9.09. The fourth-order valence-electron chi connectivity index (χ4n) is 3.51. The van der Waals surface area contributed by atoms with Gasteiger partial charge in [0, 0.05) is 52.0 Å². The number of esters is 3. The molecule has 0 bridgehead atoms. The molecular weight excluding hydrogens is 828 g/mol. The van der Waals surface area contributed by atoms with Gasteiger partial charge in [-0.05, 0) is 99.3 Å². The molecule has 0 amide bonds. The van der Waals surface area contributed by atoms with Crippen LogP contribution in [0.15, 0.2) is 36.5 Å². The minimum atomic E-state index is -0.501. The number of rotatable bonds is 24. The molecule has 0 N–H and O–H groups in total. The first-order valence-corrected chi connectivity index (χ1v) is 19.5. The van der Waals surface area contributed by atoms with Crippen molar-refractivity contribution in [2.24, 2.45) is 0 Å². The summed E-state index contributed by atoms with van der Waals surface area (Å²) in [6.07, 6.45) is 9.29. The molecule has 0 aromatic heterocycles. The first-order chi connectivity index (χ1) is 22.3. The van der Waals surface area contributed by atoms with Gasteiger partial charge in [0.1, 0.15) is 23.0 Å². The first kappa shape index (κ1) is 53.9. The number of unbranched alkanes of at least 4 members (excludes halogenated alkanes) is 4. The summed E-state index contributed by atoms with van der Waals surface area (Å²) in [5.41, 5.74) is 0.773. The van der Waals surface area contributed by atoms with E-state index in [1.807, 2.05) is 20.8 Å². The van der Waals surface area contributed by atoms with Crippen LogP contribution in [-0.2, 0) is 43.0 Å². The highest BCUT2D eigenvalue weighted by Gasteiger charge is 2.23. The molecule has 0 saturated heterocycles. The van der Waals surface area contributed by atoms with E-state index in [4.69, 9.17) is 14.2 Å². The normalized spacial score (nSPS) is 10.7. The molecule has 0 aliphatic rings. The van der Waals surface area contributed by atoms with Crippen molar-refractivity contribution in [2.45, 2.75) is 138 Å². The van der Waals surface area contributed by atoms with Crippen LogP contribution in [-0.4, -0.2) is 69.6 Å².